The Morgan fingerprint density at radius 3 is 2.40 bits per heavy atom. The fourth-order valence-corrected chi connectivity index (χ4v) is 2.84. The molecule has 0 unspecified atom stereocenters. The summed E-state index contributed by atoms with van der Waals surface area (Å²) < 4.78 is 5.16. The topological polar surface area (TPSA) is 84.2 Å². The number of benzene rings is 1. The van der Waals surface area contributed by atoms with Crippen LogP contribution in [0.15, 0.2) is 34.9 Å². The lowest BCUT2D eigenvalue weighted by Crippen LogP contribution is -2.52. The molecule has 6 nitrogen and oxygen atoms in total. The molecule has 1 atom stereocenters. The lowest BCUT2D eigenvalue weighted by Gasteiger charge is -2.26. The Morgan fingerprint density at radius 2 is 1.84 bits per heavy atom. The third-order valence-corrected chi connectivity index (χ3v) is 4.12. The number of hydrogen-bond acceptors (Lipinski definition) is 4. The van der Waals surface area contributed by atoms with E-state index in [1.54, 1.807) is 26.0 Å². The summed E-state index contributed by atoms with van der Waals surface area (Å²) in [5.74, 6) is 0.218. The molecule has 2 N–H and O–H groups in total. The van der Waals surface area contributed by atoms with E-state index in [2.05, 4.69) is 15.8 Å². The number of carbonyl (C=O) groups excluding carboxylic acids is 2. The van der Waals surface area contributed by atoms with Gasteiger partial charge in [0.15, 0.2) is 0 Å². The molecule has 0 aliphatic heterocycles. The number of nitrogens with one attached hydrogen (secondary N) is 2. The molecule has 0 spiro atoms. The molecular weight excluding hydrogens is 318 g/mol. The summed E-state index contributed by atoms with van der Waals surface area (Å²) in [6.45, 7) is 9.01. The van der Waals surface area contributed by atoms with Crippen LogP contribution in [0.4, 0.5) is 5.69 Å². The summed E-state index contributed by atoms with van der Waals surface area (Å²) in [6.07, 6.45) is 0.255. The average molecular weight is 343 g/mol. The normalized spacial score (nSPS) is 12.5. The van der Waals surface area contributed by atoms with E-state index in [-0.39, 0.29) is 24.2 Å². The van der Waals surface area contributed by atoms with Crippen LogP contribution < -0.4 is 10.6 Å². The van der Waals surface area contributed by atoms with Gasteiger partial charge in [-0.15, -0.1) is 0 Å². The second-order valence-corrected chi connectivity index (χ2v) is 6.84. The Bertz CT molecular complexity index is 731. The summed E-state index contributed by atoms with van der Waals surface area (Å²) in [7, 11) is 0. The van der Waals surface area contributed by atoms with Gasteiger partial charge in [-0.25, -0.2) is 0 Å². The van der Waals surface area contributed by atoms with Crippen molar-refractivity contribution in [1.29, 1.82) is 0 Å². The van der Waals surface area contributed by atoms with Gasteiger partial charge in [-0.3, -0.25) is 9.59 Å². The van der Waals surface area contributed by atoms with Crippen molar-refractivity contribution in [2.45, 2.75) is 52.5 Å². The molecule has 0 saturated carbocycles. The van der Waals surface area contributed by atoms with Crippen LogP contribution in [-0.2, 0) is 9.59 Å². The first-order valence-electron chi connectivity index (χ1n) is 8.31. The maximum Gasteiger partial charge on any atom is 0.249 e. The number of aryl methyl sites for hydroxylation is 2. The van der Waals surface area contributed by atoms with E-state index in [0.717, 1.165) is 17.0 Å². The molecule has 2 aromatic rings. The second kappa shape index (κ2) is 7.51. The minimum absolute atomic E-state index is 0.0424. The zero-order valence-electron chi connectivity index (χ0n) is 15.3. The Morgan fingerprint density at radius 1 is 1.20 bits per heavy atom. The minimum Gasteiger partial charge on any atom is -0.361 e. The van der Waals surface area contributed by atoms with Crippen LogP contribution in [-0.4, -0.2) is 22.5 Å². The summed E-state index contributed by atoms with van der Waals surface area (Å²) in [5.41, 5.74) is 1.41. The molecule has 25 heavy (non-hydrogen) atoms. The minimum atomic E-state index is -1.02. The molecule has 6 heteroatoms. The standard InChI is InChI=1S/C19H25N3O3/c1-12(17-13(2)22-25-14(17)3)11-16(23)21-19(4,5)18(24)20-15-9-7-6-8-10-15/h6-10,12H,11H2,1-5H3,(H,20,24)(H,21,23)/t12-/m1/s1. The molecule has 134 valence electrons. The summed E-state index contributed by atoms with van der Waals surface area (Å²) in [5, 5.41) is 9.54. The molecule has 0 bridgehead atoms. The molecule has 0 saturated heterocycles. The van der Waals surface area contributed by atoms with Crippen LogP contribution in [0, 0.1) is 13.8 Å². The maximum atomic E-state index is 12.4. The zero-order valence-corrected chi connectivity index (χ0v) is 15.3. The number of para-hydroxylation sites is 1. The SMILES string of the molecule is Cc1noc(C)c1[C@H](C)CC(=O)NC(C)(C)C(=O)Nc1ccccc1. The number of anilines is 1. The van der Waals surface area contributed by atoms with Gasteiger partial charge in [0.05, 0.1) is 5.69 Å². The van der Waals surface area contributed by atoms with Crippen molar-refractivity contribution in [2.24, 2.45) is 0 Å². The first-order chi connectivity index (χ1) is 11.7. The van der Waals surface area contributed by atoms with Crippen LogP contribution >= 0.6 is 0 Å². The number of aromatic nitrogens is 1. The molecule has 1 heterocycles. The Labute approximate surface area is 148 Å². The van der Waals surface area contributed by atoms with Gasteiger partial charge < -0.3 is 15.2 Å². The second-order valence-electron chi connectivity index (χ2n) is 6.84. The van der Waals surface area contributed by atoms with Crippen molar-refractivity contribution in [2.75, 3.05) is 5.32 Å². The van der Waals surface area contributed by atoms with Gasteiger partial charge in [-0.1, -0.05) is 30.3 Å². The first kappa shape index (κ1) is 18.7. The zero-order chi connectivity index (χ0) is 18.6. The van der Waals surface area contributed by atoms with E-state index in [4.69, 9.17) is 4.52 Å². The Balaban J connectivity index is 1.97. The first-order valence-corrected chi connectivity index (χ1v) is 8.31. The highest BCUT2D eigenvalue weighted by atomic mass is 16.5. The van der Waals surface area contributed by atoms with Crippen molar-refractivity contribution in [3.05, 3.63) is 47.3 Å². The third kappa shape index (κ3) is 4.68. The lowest BCUT2D eigenvalue weighted by atomic mass is 9.95. The van der Waals surface area contributed by atoms with Gasteiger partial charge in [-0.2, -0.15) is 0 Å². The fraction of sp³-hybridized carbons (Fsp3) is 0.421. The van der Waals surface area contributed by atoms with Gasteiger partial charge in [0.1, 0.15) is 11.3 Å². The average Bonchev–Trinajstić information content (AvgIpc) is 2.86. The molecule has 1 aromatic carbocycles. The fourth-order valence-electron chi connectivity index (χ4n) is 2.84. The highest BCUT2D eigenvalue weighted by Crippen LogP contribution is 2.26. The van der Waals surface area contributed by atoms with Crippen LogP contribution in [0.1, 0.15) is 50.1 Å². The Hall–Kier alpha value is -2.63. The summed E-state index contributed by atoms with van der Waals surface area (Å²) >= 11 is 0. The molecule has 2 rings (SSSR count). The molecular formula is C19H25N3O3. The highest BCUT2D eigenvalue weighted by Gasteiger charge is 2.30. The van der Waals surface area contributed by atoms with E-state index in [0.29, 0.717) is 5.69 Å². The number of rotatable bonds is 6. The highest BCUT2D eigenvalue weighted by molar-refractivity contribution is 5.99. The molecule has 0 radical (unpaired) electrons. The molecule has 1 aromatic heterocycles. The van der Waals surface area contributed by atoms with Crippen LogP contribution in [0.25, 0.3) is 0 Å². The predicted octanol–water partition coefficient (Wildman–Crippen LogP) is 3.32. The molecule has 0 aliphatic rings. The molecule has 0 aliphatic carbocycles. The summed E-state index contributed by atoms with van der Waals surface area (Å²) in [4.78, 5) is 24.8. The largest absolute Gasteiger partial charge is 0.361 e. The van der Waals surface area contributed by atoms with E-state index >= 15 is 0 Å². The predicted molar refractivity (Wildman–Crippen MR) is 96.3 cm³/mol. The quantitative estimate of drug-likeness (QED) is 0.843. The molecule has 0 fully saturated rings. The number of amides is 2. The number of carbonyl (C=O) groups is 2. The number of nitrogens with zero attached hydrogens (tertiary/aromatic N) is 1. The smallest absolute Gasteiger partial charge is 0.249 e. The van der Waals surface area contributed by atoms with Gasteiger partial charge in [0.25, 0.3) is 0 Å². The lowest BCUT2D eigenvalue weighted by molar-refractivity contribution is -0.129. The van der Waals surface area contributed by atoms with E-state index in [9.17, 15) is 9.59 Å². The van der Waals surface area contributed by atoms with Crippen molar-refractivity contribution >= 4 is 17.5 Å². The Kier molecular flexibility index (Phi) is 5.62. The van der Waals surface area contributed by atoms with Gasteiger partial charge in [0, 0.05) is 17.7 Å². The van der Waals surface area contributed by atoms with E-state index < -0.39 is 5.54 Å². The third-order valence-electron chi connectivity index (χ3n) is 4.12. The van der Waals surface area contributed by atoms with Crippen LogP contribution in [0.3, 0.4) is 0 Å². The number of hydrogen-bond donors (Lipinski definition) is 2. The van der Waals surface area contributed by atoms with Gasteiger partial charge in [-0.05, 0) is 45.7 Å². The van der Waals surface area contributed by atoms with Crippen molar-refractivity contribution in [3.8, 4) is 0 Å². The van der Waals surface area contributed by atoms with Crippen LogP contribution in [0.5, 0.6) is 0 Å². The van der Waals surface area contributed by atoms with E-state index in [1.807, 2.05) is 39.0 Å². The van der Waals surface area contributed by atoms with E-state index in [1.165, 1.54) is 0 Å². The van der Waals surface area contributed by atoms with Gasteiger partial charge >= 0.3 is 0 Å². The van der Waals surface area contributed by atoms with Crippen LogP contribution in [0.2, 0.25) is 0 Å². The monoisotopic (exact) mass is 343 g/mol. The van der Waals surface area contributed by atoms with Crippen molar-refractivity contribution < 1.29 is 14.1 Å². The van der Waals surface area contributed by atoms with Gasteiger partial charge in [0.2, 0.25) is 11.8 Å². The summed E-state index contributed by atoms with van der Waals surface area (Å²) in [6, 6.07) is 9.16. The molecule has 2 amide bonds. The van der Waals surface area contributed by atoms with Crippen molar-refractivity contribution in [3.63, 3.8) is 0 Å². The maximum absolute atomic E-state index is 12.4. The van der Waals surface area contributed by atoms with Crippen molar-refractivity contribution in [1.82, 2.24) is 10.5 Å².